The molecule has 0 aromatic carbocycles. The molecule has 0 radical (unpaired) electrons. The van der Waals surface area contributed by atoms with Crippen molar-refractivity contribution >= 4 is 24.8 Å². The van der Waals surface area contributed by atoms with Gasteiger partial charge in [0, 0.05) is 45.3 Å². The van der Waals surface area contributed by atoms with Crippen LogP contribution < -0.4 is 5.32 Å². The zero-order valence-electron chi connectivity index (χ0n) is 14.1. The third-order valence-electron chi connectivity index (χ3n) is 4.24. The fourth-order valence-corrected chi connectivity index (χ4v) is 3.04. The van der Waals surface area contributed by atoms with Gasteiger partial charge >= 0.3 is 0 Å². The monoisotopic (exact) mass is 383 g/mol. The largest absolute Gasteiger partial charge is 0.329 e. The summed E-state index contributed by atoms with van der Waals surface area (Å²) < 4.78 is 6.11. The van der Waals surface area contributed by atoms with Crippen LogP contribution in [0.25, 0.3) is 11.5 Å². The number of nitrogens with zero attached hydrogens (tertiary/aromatic N) is 6. The predicted molar refractivity (Wildman–Crippen MR) is 101 cm³/mol. The fourth-order valence-electron chi connectivity index (χ4n) is 3.04. The van der Waals surface area contributed by atoms with Gasteiger partial charge in [0.05, 0.1) is 11.9 Å². The van der Waals surface area contributed by atoms with Gasteiger partial charge in [0.2, 0.25) is 0 Å². The van der Waals surface area contributed by atoms with Gasteiger partial charge < -0.3 is 9.88 Å². The SMILES string of the molecule is Cl.Cl.Cn1cc(CCn2ccnc2-c2cc3n(n2)CCCNC3)cn1. The third kappa shape index (κ3) is 4.23. The highest BCUT2D eigenvalue weighted by molar-refractivity contribution is 5.85. The lowest BCUT2D eigenvalue weighted by Crippen LogP contribution is -2.11. The number of aryl methyl sites for hydroxylation is 4. The highest BCUT2D eigenvalue weighted by atomic mass is 35.5. The van der Waals surface area contributed by atoms with Crippen molar-refractivity contribution in [1.82, 2.24) is 34.4 Å². The predicted octanol–water partition coefficient (Wildman–Crippen LogP) is 2.06. The van der Waals surface area contributed by atoms with Crippen LogP contribution >= 0.6 is 24.8 Å². The molecule has 3 aromatic heterocycles. The molecule has 0 fully saturated rings. The van der Waals surface area contributed by atoms with E-state index in [4.69, 9.17) is 5.10 Å². The molecule has 0 saturated heterocycles. The highest BCUT2D eigenvalue weighted by Gasteiger charge is 2.15. The van der Waals surface area contributed by atoms with Gasteiger partial charge in [0.25, 0.3) is 0 Å². The second-order valence-corrected chi connectivity index (χ2v) is 5.99. The van der Waals surface area contributed by atoms with Gasteiger partial charge in [0.1, 0.15) is 5.69 Å². The van der Waals surface area contributed by atoms with Crippen molar-refractivity contribution in [2.45, 2.75) is 32.5 Å². The van der Waals surface area contributed by atoms with Crippen molar-refractivity contribution in [3.63, 3.8) is 0 Å². The molecule has 25 heavy (non-hydrogen) atoms. The average Bonchev–Trinajstić information content (AvgIpc) is 3.23. The Morgan fingerprint density at radius 1 is 1.28 bits per heavy atom. The van der Waals surface area contributed by atoms with Crippen LogP contribution in [0.1, 0.15) is 17.7 Å². The minimum atomic E-state index is 0. The van der Waals surface area contributed by atoms with Gasteiger partial charge in [-0.3, -0.25) is 9.36 Å². The van der Waals surface area contributed by atoms with E-state index < -0.39 is 0 Å². The summed E-state index contributed by atoms with van der Waals surface area (Å²) >= 11 is 0. The van der Waals surface area contributed by atoms with Crippen molar-refractivity contribution in [2.24, 2.45) is 7.05 Å². The molecule has 1 aliphatic heterocycles. The first kappa shape index (κ1) is 19.5. The normalized spacial score (nSPS) is 13.5. The number of rotatable bonds is 4. The molecule has 3 aromatic rings. The van der Waals surface area contributed by atoms with Gasteiger partial charge in [-0.1, -0.05) is 0 Å². The Morgan fingerprint density at radius 3 is 2.96 bits per heavy atom. The number of imidazole rings is 1. The van der Waals surface area contributed by atoms with E-state index in [1.54, 1.807) is 0 Å². The van der Waals surface area contributed by atoms with Crippen molar-refractivity contribution in [3.05, 3.63) is 42.1 Å². The summed E-state index contributed by atoms with van der Waals surface area (Å²) in [5.41, 5.74) is 3.43. The van der Waals surface area contributed by atoms with E-state index in [0.717, 1.165) is 50.5 Å². The maximum Gasteiger partial charge on any atom is 0.160 e. The topological polar surface area (TPSA) is 65.5 Å². The summed E-state index contributed by atoms with van der Waals surface area (Å²) in [4.78, 5) is 4.52. The second kappa shape index (κ2) is 8.51. The standard InChI is InChI=1S/C16H21N7.2ClH/c1-21-12-13(10-19-21)3-7-22-8-5-18-16(22)15-9-14-11-17-4-2-6-23(14)20-15;;/h5,8-10,12,17H,2-4,6-7,11H2,1H3;2*1H. The molecule has 0 spiro atoms. The third-order valence-corrected chi connectivity index (χ3v) is 4.24. The van der Waals surface area contributed by atoms with Crippen LogP contribution in [0.5, 0.6) is 0 Å². The maximum absolute atomic E-state index is 4.75. The van der Waals surface area contributed by atoms with E-state index in [-0.39, 0.29) is 24.8 Å². The smallest absolute Gasteiger partial charge is 0.160 e. The van der Waals surface area contributed by atoms with E-state index >= 15 is 0 Å². The number of fused-ring (bicyclic) bond motifs is 1. The van der Waals surface area contributed by atoms with E-state index in [2.05, 4.69) is 36.9 Å². The molecule has 9 heteroatoms. The van der Waals surface area contributed by atoms with E-state index in [1.807, 2.05) is 30.3 Å². The van der Waals surface area contributed by atoms with E-state index in [1.165, 1.54) is 11.3 Å². The summed E-state index contributed by atoms with van der Waals surface area (Å²) in [5.74, 6) is 0.939. The Kier molecular flexibility index (Phi) is 6.64. The van der Waals surface area contributed by atoms with Crippen molar-refractivity contribution in [3.8, 4) is 11.5 Å². The molecule has 0 saturated carbocycles. The summed E-state index contributed by atoms with van der Waals surface area (Å²) in [7, 11) is 1.94. The van der Waals surface area contributed by atoms with E-state index in [0.29, 0.717) is 0 Å². The zero-order valence-corrected chi connectivity index (χ0v) is 15.8. The lowest BCUT2D eigenvalue weighted by molar-refractivity contribution is 0.587. The molecule has 0 aliphatic carbocycles. The molecular weight excluding hydrogens is 361 g/mol. The minimum absolute atomic E-state index is 0. The Hall–Kier alpha value is -1.83. The van der Waals surface area contributed by atoms with Crippen LogP contribution in [0.4, 0.5) is 0 Å². The molecule has 136 valence electrons. The van der Waals surface area contributed by atoms with Crippen LogP contribution in [-0.2, 0) is 33.1 Å². The average molecular weight is 384 g/mol. The van der Waals surface area contributed by atoms with Crippen LogP contribution in [0.3, 0.4) is 0 Å². The molecule has 4 heterocycles. The minimum Gasteiger partial charge on any atom is -0.329 e. The fraction of sp³-hybridized carbons (Fsp3) is 0.438. The maximum atomic E-state index is 4.75. The van der Waals surface area contributed by atoms with Gasteiger partial charge in [-0.05, 0) is 31.0 Å². The highest BCUT2D eigenvalue weighted by Crippen LogP contribution is 2.19. The number of halogens is 2. The summed E-state index contributed by atoms with van der Waals surface area (Å²) in [6.07, 6.45) is 9.90. The molecular formula is C16H23Cl2N7. The molecule has 4 rings (SSSR count). The first-order valence-electron chi connectivity index (χ1n) is 8.06. The van der Waals surface area contributed by atoms with Crippen molar-refractivity contribution in [2.75, 3.05) is 6.54 Å². The van der Waals surface area contributed by atoms with Gasteiger partial charge in [-0.15, -0.1) is 24.8 Å². The lowest BCUT2D eigenvalue weighted by Gasteiger charge is -2.05. The van der Waals surface area contributed by atoms with Gasteiger partial charge in [0.15, 0.2) is 5.82 Å². The van der Waals surface area contributed by atoms with Crippen LogP contribution in [-0.4, -0.2) is 35.7 Å². The Labute approximate surface area is 159 Å². The van der Waals surface area contributed by atoms with E-state index in [9.17, 15) is 0 Å². The first-order valence-corrected chi connectivity index (χ1v) is 8.06. The van der Waals surface area contributed by atoms with Gasteiger partial charge in [-0.2, -0.15) is 10.2 Å². The number of aromatic nitrogens is 6. The van der Waals surface area contributed by atoms with Crippen LogP contribution in [0, 0.1) is 0 Å². The Balaban J connectivity index is 0.00000113. The molecule has 7 nitrogen and oxygen atoms in total. The molecule has 0 amide bonds. The molecule has 0 atom stereocenters. The summed E-state index contributed by atoms with van der Waals surface area (Å²) in [6, 6.07) is 2.15. The first-order chi connectivity index (χ1) is 11.3. The van der Waals surface area contributed by atoms with Crippen LogP contribution in [0.15, 0.2) is 30.9 Å². The molecule has 1 N–H and O–H groups in total. The number of nitrogens with one attached hydrogen (secondary N) is 1. The number of hydrogen-bond acceptors (Lipinski definition) is 4. The molecule has 0 bridgehead atoms. The summed E-state index contributed by atoms with van der Waals surface area (Å²) in [5, 5.41) is 12.4. The van der Waals surface area contributed by atoms with Crippen molar-refractivity contribution in [1.29, 1.82) is 0 Å². The van der Waals surface area contributed by atoms with Crippen LogP contribution in [0.2, 0.25) is 0 Å². The quantitative estimate of drug-likeness (QED) is 0.748. The Morgan fingerprint density at radius 2 is 2.16 bits per heavy atom. The Bertz CT molecular complexity index is 782. The lowest BCUT2D eigenvalue weighted by atomic mass is 10.2. The zero-order chi connectivity index (χ0) is 15.6. The molecule has 0 unspecified atom stereocenters. The number of hydrogen-bond donors (Lipinski definition) is 1. The summed E-state index contributed by atoms with van der Waals surface area (Å²) in [6.45, 7) is 3.78. The second-order valence-electron chi connectivity index (χ2n) is 5.99. The van der Waals surface area contributed by atoms with Crippen molar-refractivity contribution < 1.29 is 0 Å². The molecule has 1 aliphatic rings. The van der Waals surface area contributed by atoms with Gasteiger partial charge in [-0.25, -0.2) is 4.98 Å².